The summed E-state index contributed by atoms with van der Waals surface area (Å²) < 4.78 is -0.571. The van der Waals surface area contributed by atoms with Gasteiger partial charge in [0.2, 0.25) is 5.91 Å². The first-order valence-electron chi connectivity index (χ1n) is 10.8. The molecule has 0 aromatic carbocycles. The van der Waals surface area contributed by atoms with Crippen molar-refractivity contribution in [2.24, 2.45) is 17.8 Å². The van der Waals surface area contributed by atoms with Gasteiger partial charge in [0.05, 0.1) is 11.3 Å². The molecule has 2 rings (SSSR count). The lowest BCUT2D eigenvalue weighted by Gasteiger charge is -2.43. The van der Waals surface area contributed by atoms with Crippen molar-refractivity contribution in [3.05, 3.63) is 11.1 Å². The molecule has 30 heavy (non-hydrogen) atoms. The van der Waals surface area contributed by atoms with Crippen LogP contribution in [0.5, 0.6) is 0 Å². The van der Waals surface area contributed by atoms with Crippen LogP contribution < -0.4 is 0 Å². The van der Waals surface area contributed by atoms with Crippen LogP contribution in [0, 0.1) is 30.1 Å². The maximum Gasteiger partial charge on any atom is 0.327 e. The fraction of sp³-hybridized carbons (Fsp3) is 0.708. The zero-order valence-electron chi connectivity index (χ0n) is 19.0. The van der Waals surface area contributed by atoms with Crippen LogP contribution in [0.3, 0.4) is 0 Å². The lowest BCUT2D eigenvalue weighted by Crippen LogP contribution is -2.62. The molecule has 5 atom stereocenters. The Labute approximate surface area is 185 Å². The third-order valence-electron chi connectivity index (χ3n) is 6.29. The van der Waals surface area contributed by atoms with Crippen molar-refractivity contribution in [2.45, 2.75) is 89.8 Å². The molecule has 2 aliphatic rings. The number of terminal acetylenes is 1. The molecule has 1 N–H and O–H groups in total. The minimum atomic E-state index is -0.983. The Morgan fingerprint density at radius 1 is 1.33 bits per heavy atom. The molecule has 0 bridgehead atoms. The molecule has 1 amide bonds. The Balaban J connectivity index is 2.21. The number of allylic oxidation sites excluding steroid dienone is 2. The van der Waals surface area contributed by atoms with E-state index in [4.69, 9.17) is 6.42 Å². The standard InChI is InChI=1S/C24H35NO4S/c1-8-10-14(3)12-16(5)19(15(4)11-9-2)18(26)13-17-21(27)25-20(23(28)29)24(6,7)30-22(17)25/h1,14-15,17,20,22H,9-13H2,2-7H3,(H,28,29)/b19-16+. The number of carboxylic acid groups (broad SMARTS) is 1. The fourth-order valence-electron chi connectivity index (χ4n) is 5.01. The third kappa shape index (κ3) is 4.77. The molecule has 5 nitrogen and oxygen atoms in total. The third-order valence-corrected chi connectivity index (χ3v) is 7.91. The Morgan fingerprint density at radius 3 is 2.50 bits per heavy atom. The average molecular weight is 434 g/mol. The van der Waals surface area contributed by atoms with E-state index in [1.807, 2.05) is 20.8 Å². The van der Waals surface area contributed by atoms with Gasteiger partial charge in [0.1, 0.15) is 6.04 Å². The number of aliphatic carboxylic acids is 1. The number of nitrogens with zero attached hydrogens (tertiary/aromatic N) is 1. The molecule has 0 saturated carbocycles. The highest BCUT2D eigenvalue weighted by Crippen LogP contribution is 2.54. The smallest absolute Gasteiger partial charge is 0.327 e. The number of β-lactam (4-membered cyclic amide) rings is 1. The number of ketones is 1. The average Bonchev–Trinajstić information content (AvgIpc) is 2.88. The van der Waals surface area contributed by atoms with Gasteiger partial charge >= 0.3 is 5.97 Å². The summed E-state index contributed by atoms with van der Waals surface area (Å²) in [6, 6.07) is -0.841. The summed E-state index contributed by atoms with van der Waals surface area (Å²) in [4.78, 5) is 39.3. The molecule has 5 unspecified atom stereocenters. The minimum absolute atomic E-state index is 0.0246. The van der Waals surface area contributed by atoms with Gasteiger partial charge in [-0.1, -0.05) is 32.8 Å². The second-order valence-corrected chi connectivity index (χ2v) is 11.2. The lowest BCUT2D eigenvalue weighted by molar-refractivity contribution is -0.164. The van der Waals surface area contributed by atoms with Gasteiger partial charge in [-0.15, -0.1) is 24.1 Å². The Bertz CT molecular complexity index is 779. The Kier molecular flexibility index (Phi) is 7.85. The molecule has 0 aromatic rings. The van der Waals surface area contributed by atoms with Crippen LogP contribution in [0.4, 0.5) is 0 Å². The van der Waals surface area contributed by atoms with Gasteiger partial charge in [0, 0.05) is 17.6 Å². The van der Waals surface area contributed by atoms with Crippen molar-refractivity contribution >= 4 is 29.4 Å². The van der Waals surface area contributed by atoms with Gasteiger partial charge in [-0.25, -0.2) is 4.79 Å². The van der Waals surface area contributed by atoms with Crippen molar-refractivity contribution < 1.29 is 19.5 Å². The van der Waals surface area contributed by atoms with Gasteiger partial charge < -0.3 is 10.0 Å². The first-order chi connectivity index (χ1) is 14.0. The van der Waals surface area contributed by atoms with E-state index in [0.717, 1.165) is 30.4 Å². The predicted octanol–water partition coefficient (Wildman–Crippen LogP) is 4.51. The van der Waals surface area contributed by atoms with Crippen LogP contribution in [-0.4, -0.2) is 43.8 Å². The number of thioether (sulfide) groups is 1. The van der Waals surface area contributed by atoms with E-state index in [9.17, 15) is 19.5 Å². The first kappa shape index (κ1) is 24.5. The minimum Gasteiger partial charge on any atom is -0.480 e. The summed E-state index contributed by atoms with van der Waals surface area (Å²) in [5, 5.41) is 9.35. The van der Waals surface area contributed by atoms with Gasteiger partial charge in [-0.2, -0.15) is 0 Å². The van der Waals surface area contributed by atoms with Gasteiger partial charge in [-0.05, 0) is 51.0 Å². The van der Waals surface area contributed by atoms with Crippen LogP contribution in [0.1, 0.15) is 73.6 Å². The normalized spacial score (nSPS) is 27.4. The molecule has 6 heteroatoms. The second-order valence-electron chi connectivity index (χ2n) is 9.43. The summed E-state index contributed by atoms with van der Waals surface area (Å²) >= 11 is 1.50. The highest BCUT2D eigenvalue weighted by atomic mass is 32.2. The van der Waals surface area contributed by atoms with Crippen molar-refractivity contribution in [2.75, 3.05) is 0 Å². The zero-order valence-corrected chi connectivity index (χ0v) is 19.8. The highest BCUT2D eigenvalue weighted by Gasteiger charge is 2.63. The topological polar surface area (TPSA) is 74.7 Å². The number of Topliss-reactive ketones (excluding diaryl/α,β-unsaturated/α-hetero) is 1. The number of hydrogen-bond donors (Lipinski definition) is 1. The molecule has 0 aliphatic carbocycles. The van der Waals surface area contributed by atoms with E-state index in [1.165, 1.54) is 16.7 Å². The summed E-state index contributed by atoms with van der Waals surface area (Å²) in [6.07, 6.45) is 8.93. The van der Waals surface area contributed by atoms with E-state index in [0.29, 0.717) is 12.3 Å². The molecule has 0 radical (unpaired) electrons. The summed E-state index contributed by atoms with van der Waals surface area (Å²) in [7, 11) is 0. The van der Waals surface area contributed by atoms with E-state index >= 15 is 0 Å². The quantitative estimate of drug-likeness (QED) is 0.312. The molecular weight excluding hydrogens is 398 g/mol. The van der Waals surface area contributed by atoms with Crippen LogP contribution in [0.2, 0.25) is 0 Å². The molecule has 166 valence electrons. The number of fused-ring (bicyclic) bond motifs is 1. The van der Waals surface area contributed by atoms with Crippen LogP contribution in [0.25, 0.3) is 0 Å². The zero-order chi connectivity index (χ0) is 22.8. The maximum absolute atomic E-state index is 13.4. The Morgan fingerprint density at radius 2 is 1.97 bits per heavy atom. The molecule has 2 aliphatic heterocycles. The molecule has 0 spiro atoms. The monoisotopic (exact) mass is 433 g/mol. The highest BCUT2D eigenvalue weighted by molar-refractivity contribution is 8.01. The van der Waals surface area contributed by atoms with Crippen molar-refractivity contribution in [3.63, 3.8) is 0 Å². The SMILES string of the molecule is C#CCC(C)C/C(C)=C(/C(=O)CC1C(=O)N2C1SC(C)(C)C2C(=O)O)C(C)CCC. The molecule has 0 aromatic heterocycles. The van der Waals surface area contributed by atoms with Crippen LogP contribution in [0.15, 0.2) is 11.1 Å². The van der Waals surface area contributed by atoms with Gasteiger partial charge in [0.25, 0.3) is 0 Å². The van der Waals surface area contributed by atoms with Gasteiger partial charge in [-0.3, -0.25) is 9.59 Å². The maximum atomic E-state index is 13.4. The van der Waals surface area contributed by atoms with E-state index in [2.05, 4.69) is 26.7 Å². The molecule has 2 saturated heterocycles. The second kappa shape index (κ2) is 9.60. The Hall–Kier alpha value is -1.74. The first-order valence-corrected chi connectivity index (χ1v) is 11.7. The number of carbonyl (C=O) groups is 3. The van der Waals surface area contributed by atoms with Crippen LogP contribution >= 0.6 is 11.8 Å². The van der Waals surface area contributed by atoms with E-state index in [1.54, 1.807) is 0 Å². The number of hydrogen-bond acceptors (Lipinski definition) is 4. The number of rotatable bonds is 10. The van der Waals surface area contributed by atoms with Gasteiger partial charge in [0.15, 0.2) is 5.78 Å². The molecule has 2 fully saturated rings. The summed E-state index contributed by atoms with van der Waals surface area (Å²) in [6.45, 7) is 12.0. The van der Waals surface area contributed by atoms with Crippen molar-refractivity contribution in [1.29, 1.82) is 0 Å². The van der Waals surface area contributed by atoms with Crippen molar-refractivity contribution in [3.8, 4) is 12.3 Å². The van der Waals surface area contributed by atoms with E-state index < -0.39 is 22.7 Å². The predicted molar refractivity (Wildman–Crippen MR) is 121 cm³/mol. The summed E-state index contributed by atoms with van der Waals surface area (Å²) in [5.74, 6) is 1.52. The molecule has 2 heterocycles. The largest absolute Gasteiger partial charge is 0.480 e. The fourth-order valence-corrected chi connectivity index (χ4v) is 6.69. The number of amides is 1. The molecular formula is C24H35NO4S. The number of carbonyl (C=O) groups excluding carboxylic acids is 2. The summed E-state index contributed by atoms with van der Waals surface area (Å²) in [5.41, 5.74) is 1.90. The van der Waals surface area contributed by atoms with Crippen LogP contribution in [-0.2, 0) is 14.4 Å². The van der Waals surface area contributed by atoms with E-state index in [-0.39, 0.29) is 29.4 Å². The lowest BCUT2D eigenvalue weighted by atomic mass is 9.81. The number of carboxylic acids is 1. The van der Waals surface area contributed by atoms with Crippen molar-refractivity contribution in [1.82, 2.24) is 4.90 Å².